The second kappa shape index (κ2) is 5.94. The molecule has 3 unspecified atom stereocenters. The maximum atomic E-state index is 3.92. The minimum atomic E-state index is 0.456. The molecule has 1 N–H and O–H groups in total. The number of piperazine rings is 1. The molecule has 2 aliphatic heterocycles. The van der Waals surface area contributed by atoms with Crippen molar-refractivity contribution in [2.75, 3.05) is 26.7 Å². The molecule has 0 bridgehead atoms. The Morgan fingerprint density at radius 1 is 1.05 bits per heavy atom. The second-order valence-corrected chi connectivity index (χ2v) is 7.75. The predicted octanol–water partition coefficient (Wildman–Crippen LogP) is 2.47. The lowest BCUT2D eigenvalue weighted by molar-refractivity contribution is 0.000166. The van der Waals surface area contributed by atoms with E-state index < -0.39 is 0 Å². The van der Waals surface area contributed by atoms with Crippen LogP contribution >= 0.6 is 0 Å². The maximum Gasteiger partial charge on any atom is 0.0309 e. The highest BCUT2D eigenvalue weighted by molar-refractivity contribution is 5.01. The summed E-state index contributed by atoms with van der Waals surface area (Å²) in [4.78, 5) is 5.39. The summed E-state index contributed by atoms with van der Waals surface area (Å²) in [6, 6.07) is 2.28. The van der Waals surface area contributed by atoms with E-state index in [9.17, 15) is 0 Å². The number of likely N-dealkylation sites (tertiary alicyclic amines) is 1. The molecule has 1 saturated carbocycles. The Morgan fingerprint density at radius 2 is 1.80 bits per heavy atom. The average Bonchev–Trinajstić information content (AvgIpc) is 2.46. The van der Waals surface area contributed by atoms with E-state index in [2.05, 4.69) is 36.0 Å². The molecule has 0 aromatic carbocycles. The summed E-state index contributed by atoms with van der Waals surface area (Å²) in [5, 5.41) is 3.92. The first-order valence-electron chi connectivity index (χ1n) is 8.81. The van der Waals surface area contributed by atoms with Crippen LogP contribution in [0.5, 0.6) is 0 Å². The van der Waals surface area contributed by atoms with Crippen LogP contribution in [0.4, 0.5) is 0 Å². The van der Waals surface area contributed by atoms with Crippen LogP contribution in [0.3, 0.4) is 0 Å². The second-order valence-electron chi connectivity index (χ2n) is 7.75. The van der Waals surface area contributed by atoms with Gasteiger partial charge in [-0.2, -0.15) is 0 Å². The Labute approximate surface area is 125 Å². The van der Waals surface area contributed by atoms with Crippen molar-refractivity contribution in [2.24, 2.45) is 0 Å². The van der Waals surface area contributed by atoms with Gasteiger partial charge in [0.05, 0.1) is 0 Å². The Bertz CT molecular complexity index is 324. The largest absolute Gasteiger partial charge is 0.308 e. The lowest BCUT2D eigenvalue weighted by atomic mass is 9.78. The predicted molar refractivity (Wildman–Crippen MR) is 85.1 cm³/mol. The molecular weight excluding hydrogens is 246 g/mol. The van der Waals surface area contributed by atoms with E-state index in [0.717, 1.165) is 12.1 Å². The maximum absolute atomic E-state index is 3.92. The van der Waals surface area contributed by atoms with Gasteiger partial charge in [-0.25, -0.2) is 0 Å². The molecule has 3 heteroatoms. The van der Waals surface area contributed by atoms with Crippen molar-refractivity contribution >= 4 is 0 Å². The molecule has 1 aliphatic carbocycles. The van der Waals surface area contributed by atoms with Crippen molar-refractivity contribution < 1.29 is 0 Å². The van der Waals surface area contributed by atoms with Gasteiger partial charge in [-0.1, -0.05) is 19.3 Å². The smallest absolute Gasteiger partial charge is 0.0309 e. The number of rotatable bonds is 1. The van der Waals surface area contributed by atoms with Gasteiger partial charge < -0.3 is 10.2 Å². The van der Waals surface area contributed by atoms with Gasteiger partial charge in [0, 0.05) is 36.8 Å². The zero-order chi connectivity index (χ0) is 14.2. The monoisotopic (exact) mass is 279 g/mol. The molecule has 0 radical (unpaired) electrons. The first kappa shape index (κ1) is 14.8. The van der Waals surface area contributed by atoms with Crippen LogP contribution in [-0.4, -0.2) is 60.1 Å². The zero-order valence-electron chi connectivity index (χ0n) is 13.7. The Balaban J connectivity index is 1.67. The quantitative estimate of drug-likeness (QED) is 0.795. The summed E-state index contributed by atoms with van der Waals surface area (Å²) >= 11 is 0. The van der Waals surface area contributed by atoms with Crippen LogP contribution < -0.4 is 5.32 Å². The number of hydrogen-bond donors (Lipinski definition) is 1. The lowest BCUT2D eigenvalue weighted by Crippen LogP contribution is -2.67. The molecule has 3 atom stereocenters. The summed E-state index contributed by atoms with van der Waals surface area (Å²) in [7, 11) is 2.28. The van der Waals surface area contributed by atoms with Crippen LogP contribution in [0.15, 0.2) is 0 Å². The summed E-state index contributed by atoms with van der Waals surface area (Å²) in [5.74, 6) is 0. The van der Waals surface area contributed by atoms with Crippen molar-refractivity contribution in [3.63, 3.8) is 0 Å². The van der Waals surface area contributed by atoms with Crippen molar-refractivity contribution in [3.8, 4) is 0 Å². The third-order valence-corrected chi connectivity index (χ3v) is 6.28. The number of nitrogens with one attached hydrogen (secondary N) is 1. The van der Waals surface area contributed by atoms with Crippen LogP contribution in [0.1, 0.15) is 58.8 Å². The molecule has 3 nitrogen and oxygen atoms in total. The third kappa shape index (κ3) is 2.90. The highest BCUT2D eigenvalue weighted by Gasteiger charge is 2.41. The summed E-state index contributed by atoms with van der Waals surface area (Å²) in [6.07, 6.45) is 9.83. The molecule has 3 rings (SSSR count). The van der Waals surface area contributed by atoms with Gasteiger partial charge in [-0.05, 0) is 53.1 Å². The van der Waals surface area contributed by atoms with E-state index in [4.69, 9.17) is 0 Å². The molecule has 116 valence electrons. The molecule has 1 spiro atoms. The van der Waals surface area contributed by atoms with E-state index >= 15 is 0 Å². The van der Waals surface area contributed by atoms with Gasteiger partial charge in [0.2, 0.25) is 0 Å². The molecule has 0 aromatic heterocycles. The molecule has 0 aromatic rings. The van der Waals surface area contributed by atoms with Crippen LogP contribution in [0, 0.1) is 0 Å². The highest BCUT2D eigenvalue weighted by atomic mass is 15.3. The van der Waals surface area contributed by atoms with Crippen molar-refractivity contribution in [1.29, 1.82) is 0 Å². The fraction of sp³-hybridized carbons (Fsp3) is 1.00. The van der Waals surface area contributed by atoms with E-state index in [1.54, 1.807) is 0 Å². The fourth-order valence-electron chi connectivity index (χ4n) is 4.66. The minimum absolute atomic E-state index is 0.456. The highest BCUT2D eigenvalue weighted by Crippen LogP contribution is 2.34. The van der Waals surface area contributed by atoms with Crippen LogP contribution in [-0.2, 0) is 0 Å². The summed E-state index contributed by atoms with van der Waals surface area (Å²) < 4.78 is 0. The van der Waals surface area contributed by atoms with Gasteiger partial charge in [0.1, 0.15) is 0 Å². The molecule has 3 aliphatic rings. The van der Waals surface area contributed by atoms with Crippen LogP contribution in [0.2, 0.25) is 0 Å². The van der Waals surface area contributed by atoms with E-state index in [0.29, 0.717) is 11.6 Å². The van der Waals surface area contributed by atoms with E-state index in [1.807, 2.05) is 0 Å². The van der Waals surface area contributed by atoms with Gasteiger partial charge in [-0.3, -0.25) is 4.90 Å². The van der Waals surface area contributed by atoms with Crippen molar-refractivity contribution in [1.82, 2.24) is 15.1 Å². The normalized spacial score (nSPS) is 40.0. The molecule has 0 amide bonds. The van der Waals surface area contributed by atoms with Crippen molar-refractivity contribution in [2.45, 2.75) is 82.5 Å². The lowest BCUT2D eigenvalue weighted by Gasteiger charge is -2.53. The third-order valence-electron chi connectivity index (χ3n) is 6.28. The fourth-order valence-corrected chi connectivity index (χ4v) is 4.66. The molecule has 3 fully saturated rings. The molecule has 20 heavy (non-hydrogen) atoms. The minimum Gasteiger partial charge on any atom is -0.308 e. The Morgan fingerprint density at radius 3 is 2.50 bits per heavy atom. The Kier molecular flexibility index (Phi) is 4.40. The molecule has 2 heterocycles. The first-order valence-corrected chi connectivity index (χ1v) is 8.81. The molecular formula is C17H33N3. The number of piperidine rings is 1. The number of hydrogen-bond acceptors (Lipinski definition) is 3. The van der Waals surface area contributed by atoms with Crippen LogP contribution in [0.25, 0.3) is 0 Å². The van der Waals surface area contributed by atoms with Gasteiger partial charge in [-0.15, -0.1) is 0 Å². The standard InChI is InChI=1S/C17H33N3/c1-14-11-16(7-10-19(14)3)20-13-17(18-12-15(20)2)8-5-4-6-9-17/h14-16,18H,4-13H2,1-3H3. The number of nitrogens with zero attached hydrogens (tertiary/aromatic N) is 2. The average molecular weight is 279 g/mol. The zero-order valence-corrected chi connectivity index (χ0v) is 13.7. The van der Waals surface area contributed by atoms with E-state index in [1.165, 1.54) is 64.6 Å². The van der Waals surface area contributed by atoms with Gasteiger partial charge >= 0.3 is 0 Å². The first-order chi connectivity index (χ1) is 9.60. The SMILES string of the molecule is CC1CC(N2CC3(CCCCC3)NCC2C)CCN1C. The topological polar surface area (TPSA) is 18.5 Å². The van der Waals surface area contributed by atoms with Crippen molar-refractivity contribution in [3.05, 3.63) is 0 Å². The summed E-state index contributed by atoms with van der Waals surface area (Å²) in [5.41, 5.74) is 0.456. The van der Waals surface area contributed by atoms with Gasteiger partial charge in [0.25, 0.3) is 0 Å². The Hall–Kier alpha value is -0.120. The van der Waals surface area contributed by atoms with Gasteiger partial charge in [0.15, 0.2) is 0 Å². The molecule has 2 saturated heterocycles. The van der Waals surface area contributed by atoms with E-state index in [-0.39, 0.29) is 0 Å². The summed E-state index contributed by atoms with van der Waals surface area (Å²) in [6.45, 7) is 8.59.